The zero-order valence-electron chi connectivity index (χ0n) is 13.4. The quantitative estimate of drug-likeness (QED) is 0.651. The van der Waals surface area contributed by atoms with E-state index in [0.717, 1.165) is 20.8 Å². The number of ether oxygens (including phenoxy) is 1. The highest BCUT2D eigenvalue weighted by Crippen LogP contribution is 2.21. The van der Waals surface area contributed by atoms with Gasteiger partial charge in [0.1, 0.15) is 0 Å². The third kappa shape index (κ3) is 4.67. The van der Waals surface area contributed by atoms with Gasteiger partial charge in [-0.2, -0.15) is 0 Å². The van der Waals surface area contributed by atoms with Gasteiger partial charge in [-0.15, -0.1) is 0 Å². The molecule has 126 valence electrons. The number of carbonyl (C=O) groups is 2. The molecule has 0 heterocycles. The number of esters is 1. The molecule has 0 aromatic heterocycles. The first kappa shape index (κ1) is 17.2. The number of benzene rings is 3. The van der Waals surface area contributed by atoms with Crippen LogP contribution in [-0.4, -0.2) is 18.5 Å². The second-order valence-electron chi connectivity index (χ2n) is 5.55. The van der Waals surface area contributed by atoms with E-state index in [1.54, 1.807) is 6.07 Å². The Labute approximate surface area is 153 Å². The van der Waals surface area contributed by atoms with Crippen molar-refractivity contribution >= 4 is 44.3 Å². The summed E-state index contributed by atoms with van der Waals surface area (Å²) in [5.74, 6) is -0.809. The van der Waals surface area contributed by atoms with Crippen molar-refractivity contribution in [1.82, 2.24) is 0 Å². The van der Waals surface area contributed by atoms with Crippen LogP contribution in [0.4, 0.5) is 5.69 Å². The largest absolute Gasteiger partial charge is 0.455 e. The number of anilines is 1. The summed E-state index contributed by atoms with van der Waals surface area (Å²) >= 11 is 3.35. The van der Waals surface area contributed by atoms with Gasteiger partial charge in [-0.05, 0) is 44.4 Å². The van der Waals surface area contributed by atoms with E-state index in [9.17, 15) is 9.59 Å². The van der Waals surface area contributed by atoms with Crippen LogP contribution in [0.5, 0.6) is 0 Å². The zero-order chi connectivity index (χ0) is 17.6. The van der Waals surface area contributed by atoms with Gasteiger partial charge in [0.2, 0.25) is 0 Å². The number of nitrogens with one attached hydrogen (secondary N) is 1. The topological polar surface area (TPSA) is 55.4 Å². The first-order valence-corrected chi connectivity index (χ1v) is 8.59. The molecule has 0 atom stereocenters. The monoisotopic (exact) mass is 397 g/mol. The number of amides is 1. The summed E-state index contributed by atoms with van der Waals surface area (Å²) in [4.78, 5) is 23.8. The Bertz CT molecular complexity index is 923. The molecule has 0 fully saturated rings. The van der Waals surface area contributed by atoms with E-state index in [-0.39, 0.29) is 18.9 Å². The van der Waals surface area contributed by atoms with Crippen molar-refractivity contribution in [3.63, 3.8) is 0 Å². The first-order valence-electron chi connectivity index (χ1n) is 7.79. The van der Waals surface area contributed by atoms with Gasteiger partial charge < -0.3 is 10.1 Å². The molecule has 1 amide bonds. The van der Waals surface area contributed by atoms with Crippen LogP contribution in [0.2, 0.25) is 0 Å². The number of fused-ring (bicyclic) bond motifs is 1. The molecule has 5 heteroatoms. The Morgan fingerprint density at radius 1 is 0.920 bits per heavy atom. The predicted molar refractivity (Wildman–Crippen MR) is 101 cm³/mol. The lowest BCUT2D eigenvalue weighted by atomic mass is 10.1. The average molecular weight is 398 g/mol. The molecule has 0 bridgehead atoms. The maximum Gasteiger partial charge on any atom is 0.310 e. The molecule has 4 nitrogen and oxygen atoms in total. The summed E-state index contributed by atoms with van der Waals surface area (Å²) in [6.07, 6.45) is 0.132. The molecule has 3 aromatic carbocycles. The Morgan fingerprint density at radius 3 is 2.44 bits per heavy atom. The molecule has 0 aliphatic rings. The molecular formula is C20H16BrNO3. The SMILES string of the molecule is O=C(COC(=O)Cc1ccc2ccccc2c1)Nc1ccccc1Br. The molecule has 0 aliphatic carbocycles. The molecule has 0 unspecified atom stereocenters. The number of rotatable bonds is 5. The van der Waals surface area contributed by atoms with Crippen molar-refractivity contribution in [1.29, 1.82) is 0 Å². The maximum atomic E-state index is 12.0. The fraction of sp³-hybridized carbons (Fsp3) is 0.100. The minimum atomic E-state index is -0.433. The van der Waals surface area contributed by atoms with Crippen molar-refractivity contribution in [3.05, 3.63) is 76.8 Å². The zero-order valence-corrected chi connectivity index (χ0v) is 15.0. The normalized spacial score (nSPS) is 10.4. The van der Waals surface area contributed by atoms with Gasteiger partial charge in [0.25, 0.3) is 5.91 Å². The fourth-order valence-corrected chi connectivity index (χ4v) is 2.85. The summed E-state index contributed by atoms with van der Waals surface area (Å²) in [7, 11) is 0. The molecule has 0 spiro atoms. The van der Waals surface area contributed by atoms with Crippen LogP contribution in [-0.2, 0) is 20.7 Å². The van der Waals surface area contributed by atoms with Crippen LogP contribution >= 0.6 is 15.9 Å². The van der Waals surface area contributed by atoms with Gasteiger partial charge in [-0.25, -0.2) is 0 Å². The van der Waals surface area contributed by atoms with Gasteiger partial charge in [-0.3, -0.25) is 9.59 Å². The number of hydrogen-bond donors (Lipinski definition) is 1. The minimum Gasteiger partial charge on any atom is -0.455 e. The number of para-hydroxylation sites is 1. The molecule has 0 radical (unpaired) electrons. The minimum absolute atomic E-state index is 0.132. The lowest BCUT2D eigenvalue weighted by Crippen LogP contribution is -2.21. The Kier molecular flexibility index (Phi) is 5.46. The molecule has 0 saturated carbocycles. The Balaban J connectivity index is 1.53. The van der Waals surface area contributed by atoms with Gasteiger partial charge in [0.05, 0.1) is 12.1 Å². The molecule has 25 heavy (non-hydrogen) atoms. The summed E-state index contributed by atoms with van der Waals surface area (Å²) < 4.78 is 5.83. The standard InChI is InChI=1S/C20H16BrNO3/c21-17-7-3-4-8-18(17)22-19(23)13-25-20(24)12-14-9-10-15-5-1-2-6-16(15)11-14/h1-11H,12-13H2,(H,22,23). The van der Waals surface area contributed by atoms with Gasteiger partial charge in [0.15, 0.2) is 6.61 Å². The van der Waals surface area contributed by atoms with Crippen LogP contribution in [0.1, 0.15) is 5.56 Å². The summed E-state index contributed by atoms with van der Waals surface area (Å²) in [6, 6.07) is 21.0. The lowest BCUT2D eigenvalue weighted by Gasteiger charge is -2.08. The first-order chi connectivity index (χ1) is 12.1. The van der Waals surface area contributed by atoms with Crippen molar-refractivity contribution < 1.29 is 14.3 Å². The summed E-state index contributed by atoms with van der Waals surface area (Å²) in [5.41, 5.74) is 1.49. The van der Waals surface area contributed by atoms with E-state index in [2.05, 4.69) is 21.2 Å². The molecule has 0 aliphatic heterocycles. The third-order valence-corrected chi connectivity index (χ3v) is 4.37. The smallest absolute Gasteiger partial charge is 0.310 e. The van der Waals surface area contributed by atoms with E-state index in [1.807, 2.05) is 60.7 Å². The molecule has 3 rings (SSSR count). The molecular weight excluding hydrogens is 382 g/mol. The summed E-state index contributed by atoms with van der Waals surface area (Å²) in [5, 5.41) is 4.88. The van der Waals surface area contributed by atoms with Gasteiger partial charge >= 0.3 is 5.97 Å². The van der Waals surface area contributed by atoms with Gasteiger partial charge in [-0.1, -0.05) is 54.6 Å². The van der Waals surface area contributed by atoms with Crippen LogP contribution in [0.15, 0.2) is 71.2 Å². The highest BCUT2D eigenvalue weighted by atomic mass is 79.9. The molecule has 0 saturated heterocycles. The molecule has 3 aromatic rings. The summed E-state index contributed by atoms with van der Waals surface area (Å²) in [6.45, 7) is -0.312. The van der Waals surface area contributed by atoms with Crippen LogP contribution in [0.3, 0.4) is 0 Å². The average Bonchev–Trinajstić information content (AvgIpc) is 2.62. The van der Waals surface area contributed by atoms with Crippen molar-refractivity contribution in [2.45, 2.75) is 6.42 Å². The highest BCUT2D eigenvalue weighted by molar-refractivity contribution is 9.10. The Hall–Kier alpha value is -2.66. The highest BCUT2D eigenvalue weighted by Gasteiger charge is 2.10. The fourth-order valence-electron chi connectivity index (χ4n) is 2.46. The van der Waals surface area contributed by atoms with E-state index in [0.29, 0.717) is 5.69 Å². The second kappa shape index (κ2) is 7.94. The number of carbonyl (C=O) groups excluding carboxylic acids is 2. The van der Waals surface area contributed by atoms with E-state index >= 15 is 0 Å². The maximum absolute atomic E-state index is 12.0. The van der Waals surface area contributed by atoms with Crippen molar-refractivity contribution in [3.8, 4) is 0 Å². The van der Waals surface area contributed by atoms with Crippen LogP contribution in [0.25, 0.3) is 10.8 Å². The number of halogens is 1. The third-order valence-electron chi connectivity index (χ3n) is 3.67. The van der Waals surface area contributed by atoms with Crippen molar-refractivity contribution in [2.24, 2.45) is 0 Å². The van der Waals surface area contributed by atoms with Crippen LogP contribution < -0.4 is 5.32 Å². The molecule has 1 N–H and O–H groups in total. The lowest BCUT2D eigenvalue weighted by molar-refractivity contribution is -0.146. The second-order valence-corrected chi connectivity index (χ2v) is 6.40. The predicted octanol–water partition coefficient (Wildman–Crippen LogP) is 4.33. The van der Waals surface area contributed by atoms with Crippen LogP contribution in [0, 0.1) is 0 Å². The van der Waals surface area contributed by atoms with E-state index < -0.39 is 5.97 Å². The Morgan fingerprint density at radius 2 is 1.64 bits per heavy atom. The number of hydrogen-bond acceptors (Lipinski definition) is 3. The van der Waals surface area contributed by atoms with E-state index in [4.69, 9.17) is 4.74 Å². The van der Waals surface area contributed by atoms with Crippen molar-refractivity contribution in [2.75, 3.05) is 11.9 Å². The van der Waals surface area contributed by atoms with E-state index in [1.165, 1.54) is 0 Å². The van der Waals surface area contributed by atoms with Gasteiger partial charge in [0, 0.05) is 4.47 Å².